The second kappa shape index (κ2) is 8.33. The predicted molar refractivity (Wildman–Crippen MR) is 114 cm³/mol. The van der Waals surface area contributed by atoms with Crippen molar-refractivity contribution in [3.63, 3.8) is 0 Å². The molecule has 3 aromatic rings. The highest BCUT2D eigenvalue weighted by Gasteiger charge is 2.31. The van der Waals surface area contributed by atoms with Crippen LogP contribution in [-0.2, 0) is 6.42 Å². The lowest BCUT2D eigenvalue weighted by Crippen LogP contribution is -2.39. The minimum Gasteiger partial charge on any atom is -0.493 e. The van der Waals surface area contributed by atoms with Gasteiger partial charge in [-0.3, -0.25) is 0 Å². The molecule has 0 spiro atoms. The Morgan fingerprint density at radius 3 is 2.29 bits per heavy atom. The van der Waals surface area contributed by atoms with E-state index in [9.17, 15) is 0 Å². The summed E-state index contributed by atoms with van der Waals surface area (Å²) in [4.78, 5) is 3.64. The molecule has 5 nitrogen and oxygen atoms in total. The third-order valence-electron chi connectivity index (χ3n) is 5.50. The number of rotatable bonds is 5. The van der Waals surface area contributed by atoms with E-state index in [0.717, 1.165) is 18.4 Å². The van der Waals surface area contributed by atoms with Gasteiger partial charge in [0.2, 0.25) is 5.75 Å². The average molecular weight is 403 g/mol. The molecule has 2 heterocycles. The third kappa shape index (κ3) is 3.29. The predicted octanol–water partition coefficient (Wildman–Crippen LogP) is 4.63. The Kier molecular flexibility index (Phi) is 6.06. The van der Waals surface area contributed by atoms with Crippen molar-refractivity contribution in [3.05, 3.63) is 53.2 Å². The maximum absolute atomic E-state index is 5.57. The molecule has 6 heteroatoms. The second-order valence-corrected chi connectivity index (χ2v) is 6.93. The third-order valence-corrected chi connectivity index (χ3v) is 5.50. The molecule has 28 heavy (non-hydrogen) atoms. The van der Waals surface area contributed by atoms with Crippen molar-refractivity contribution >= 4 is 23.3 Å². The number of benzene rings is 2. The molecule has 0 saturated heterocycles. The smallest absolute Gasteiger partial charge is 0.203 e. The Balaban J connectivity index is 0.00000225. The molecular weight excluding hydrogens is 376 g/mol. The highest BCUT2D eigenvalue weighted by molar-refractivity contribution is 5.86. The molecule has 0 saturated carbocycles. The lowest BCUT2D eigenvalue weighted by Gasteiger charge is -2.32. The molecule has 1 aliphatic rings. The van der Waals surface area contributed by atoms with E-state index in [4.69, 9.17) is 14.2 Å². The summed E-state index contributed by atoms with van der Waals surface area (Å²) in [5.41, 5.74) is 4.89. The van der Waals surface area contributed by atoms with E-state index in [1.165, 1.54) is 22.2 Å². The number of para-hydroxylation sites is 1. The fourth-order valence-electron chi connectivity index (χ4n) is 4.10. The molecule has 4 rings (SSSR count). The van der Waals surface area contributed by atoms with Gasteiger partial charge in [-0.2, -0.15) is 0 Å². The number of H-pyrrole nitrogens is 1. The van der Waals surface area contributed by atoms with Crippen molar-refractivity contribution in [2.24, 2.45) is 0 Å². The van der Waals surface area contributed by atoms with Crippen molar-refractivity contribution in [2.45, 2.75) is 31.8 Å². The quantitative estimate of drug-likeness (QED) is 0.653. The van der Waals surface area contributed by atoms with Gasteiger partial charge in [0, 0.05) is 22.6 Å². The number of hydrogen-bond acceptors (Lipinski definition) is 4. The lowest BCUT2D eigenvalue weighted by atomic mass is 9.89. The number of aromatic amines is 1. The molecule has 1 aliphatic heterocycles. The van der Waals surface area contributed by atoms with Crippen LogP contribution < -0.4 is 19.5 Å². The first-order valence-corrected chi connectivity index (χ1v) is 9.35. The van der Waals surface area contributed by atoms with Crippen LogP contribution in [0.3, 0.4) is 0 Å². The molecule has 0 radical (unpaired) electrons. The topological polar surface area (TPSA) is 55.5 Å². The van der Waals surface area contributed by atoms with E-state index in [-0.39, 0.29) is 18.4 Å². The fourth-order valence-corrected chi connectivity index (χ4v) is 4.10. The standard InChI is InChI=1S/C22H26N2O3.ClH/c1-5-14-12-16-15-8-6-7-9-17(15)24-21(16)20(23-14)13-10-18(25-2)22(27-4)19(11-13)26-3;/h6-11,14,20,23-24H,5,12H2,1-4H3;1H. The highest BCUT2D eigenvalue weighted by atomic mass is 35.5. The Morgan fingerprint density at radius 1 is 1.00 bits per heavy atom. The molecule has 2 atom stereocenters. The van der Waals surface area contributed by atoms with Crippen molar-refractivity contribution in [1.82, 2.24) is 10.3 Å². The molecular formula is C22H27ClN2O3. The first-order valence-electron chi connectivity index (χ1n) is 9.35. The van der Waals surface area contributed by atoms with Crippen LogP contribution >= 0.6 is 12.4 Å². The molecule has 0 amide bonds. The molecule has 2 unspecified atom stereocenters. The van der Waals surface area contributed by atoms with Gasteiger partial charge >= 0.3 is 0 Å². The zero-order valence-electron chi connectivity index (χ0n) is 16.7. The molecule has 150 valence electrons. The normalized spacial score (nSPS) is 18.3. The minimum atomic E-state index is 0. The number of nitrogens with one attached hydrogen (secondary N) is 2. The van der Waals surface area contributed by atoms with E-state index >= 15 is 0 Å². The Hall–Kier alpha value is -2.37. The Labute approximate surface area is 171 Å². The van der Waals surface area contributed by atoms with Crippen molar-refractivity contribution in [1.29, 1.82) is 0 Å². The minimum absolute atomic E-state index is 0. The van der Waals surface area contributed by atoms with Crippen LogP contribution in [0.1, 0.15) is 36.2 Å². The van der Waals surface area contributed by atoms with E-state index in [0.29, 0.717) is 23.3 Å². The van der Waals surface area contributed by atoms with Gasteiger partial charge in [0.1, 0.15) is 0 Å². The SMILES string of the molecule is CCC1Cc2c([nH]c3ccccc23)C(c2cc(OC)c(OC)c(OC)c2)N1.Cl. The maximum Gasteiger partial charge on any atom is 0.203 e. The van der Waals surface area contributed by atoms with Crippen LogP contribution in [0, 0.1) is 0 Å². The van der Waals surface area contributed by atoms with Gasteiger partial charge in [0.05, 0.1) is 27.4 Å². The van der Waals surface area contributed by atoms with Crippen LogP contribution in [0.5, 0.6) is 17.2 Å². The van der Waals surface area contributed by atoms with E-state index in [1.807, 2.05) is 12.1 Å². The monoisotopic (exact) mass is 402 g/mol. The summed E-state index contributed by atoms with van der Waals surface area (Å²) in [7, 11) is 4.93. The van der Waals surface area contributed by atoms with Gasteiger partial charge in [-0.05, 0) is 42.2 Å². The van der Waals surface area contributed by atoms with Gasteiger partial charge < -0.3 is 24.5 Å². The summed E-state index contributed by atoms with van der Waals surface area (Å²) in [5, 5.41) is 5.10. The average Bonchev–Trinajstić information content (AvgIpc) is 3.10. The number of hydrogen-bond donors (Lipinski definition) is 2. The van der Waals surface area contributed by atoms with Crippen molar-refractivity contribution in [3.8, 4) is 17.2 Å². The molecule has 0 aliphatic carbocycles. The van der Waals surface area contributed by atoms with E-state index in [1.54, 1.807) is 21.3 Å². The van der Waals surface area contributed by atoms with Crippen LogP contribution in [0.15, 0.2) is 36.4 Å². The highest BCUT2D eigenvalue weighted by Crippen LogP contribution is 2.43. The number of ether oxygens (including phenoxy) is 3. The van der Waals surface area contributed by atoms with Gasteiger partial charge in [0.25, 0.3) is 0 Å². The molecule has 2 aromatic carbocycles. The zero-order valence-corrected chi connectivity index (χ0v) is 17.5. The van der Waals surface area contributed by atoms with Crippen LogP contribution in [0.2, 0.25) is 0 Å². The van der Waals surface area contributed by atoms with E-state index in [2.05, 4.69) is 41.5 Å². The summed E-state index contributed by atoms with van der Waals surface area (Å²) in [6.45, 7) is 2.23. The van der Waals surface area contributed by atoms with Gasteiger partial charge in [-0.1, -0.05) is 25.1 Å². The summed E-state index contributed by atoms with van der Waals surface area (Å²) in [6, 6.07) is 13.0. The van der Waals surface area contributed by atoms with Gasteiger partial charge in [-0.25, -0.2) is 0 Å². The summed E-state index contributed by atoms with van der Waals surface area (Å²) in [6.07, 6.45) is 2.09. The van der Waals surface area contributed by atoms with Crippen molar-refractivity contribution < 1.29 is 14.2 Å². The summed E-state index contributed by atoms with van der Waals surface area (Å²) in [5.74, 6) is 1.96. The molecule has 0 fully saturated rings. The van der Waals surface area contributed by atoms with Crippen molar-refractivity contribution in [2.75, 3.05) is 21.3 Å². The number of aromatic nitrogens is 1. The first-order chi connectivity index (χ1) is 13.2. The maximum atomic E-state index is 5.57. The largest absolute Gasteiger partial charge is 0.493 e. The first kappa shape index (κ1) is 20.4. The van der Waals surface area contributed by atoms with Crippen LogP contribution in [-0.4, -0.2) is 32.4 Å². The van der Waals surface area contributed by atoms with Crippen LogP contribution in [0.25, 0.3) is 10.9 Å². The van der Waals surface area contributed by atoms with Crippen LogP contribution in [0.4, 0.5) is 0 Å². The second-order valence-electron chi connectivity index (χ2n) is 6.93. The number of methoxy groups -OCH3 is 3. The Bertz CT molecular complexity index is 945. The summed E-state index contributed by atoms with van der Waals surface area (Å²) >= 11 is 0. The number of fused-ring (bicyclic) bond motifs is 3. The lowest BCUT2D eigenvalue weighted by molar-refractivity contribution is 0.322. The molecule has 1 aromatic heterocycles. The Morgan fingerprint density at radius 2 is 1.68 bits per heavy atom. The summed E-state index contributed by atoms with van der Waals surface area (Å²) < 4.78 is 16.6. The fraction of sp³-hybridized carbons (Fsp3) is 0.364. The molecule has 2 N–H and O–H groups in total. The number of halogens is 1. The van der Waals surface area contributed by atoms with Gasteiger partial charge in [-0.15, -0.1) is 12.4 Å². The van der Waals surface area contributed by atoms with Gasteiger partial charge in [0.15, 0.2) is 11.5 Å². The zero-order chi connectivity index (χ0) is 19.0. The van der Waals surface area contributed by atoms with E-state index < -0.39 is 0 Å². The molecule has 0 bridgehead atoms.